The lowest BCUT2D eigenvalue weighted by molar-refractivity contribution is -0.120. The normalized spacial score (nSPS) is 18.7. The van der Waals surface area contributed by atoms with E-state index in [2.05, 4.69) is 47.6 Å². The van der Waals surface area contributed by atoms with Gasteiger partial charge in [-0.25, -0.2) is 0 Å². The summed E-state index contributed by atoms with van der Waals surface area (Å²) in [6.07, 6.45) is 4.30. The van der Waals surface area contributed by atoms with Crippen molar-refractivity contribution < 1.29 is 4.79 Å². The van der Waals surface area contributed by atoms with Gasteiger partial charge in [-0.1, -0.05) is 42.0 Å². The summed E-state index contributed by atoms with van der Waals surface area (Å²) in [6, 6.07) is 18.5. The molecule has 1 amide bonds. The fourth-order valence-electron chi connectivity index (χ4n) is 3.50. The van der Waals surface area contributed by atoms with E-state index in [-0.39, 0.29) is 5.91 Å². The van der Waals surface area contributed by atoms with E-state index in [1.807, 2.05) is 37.4 Å². The van der Waals surface area contributed by atoms with E-state index < -0.39 is 5.41 Å². The summed E-state index contributed by atoms with van der Waals surface area (Å²) in [5.41, 5.74) is 5.93. The number of anilines is 1. The maximum absolute atomic E-state index is 12.7. The lowest BCUT2D eigenvalue weighted by Gasteiger charge is -2.23. The molecule has 0 saturated carbocycles. The van der Waals surface area contributed by atoms with Crippen molar-refractivity contribution in [3.05, 3.63) is 83.7 Å². The molecule has 4 rings (SSSR count). The third-order valence-corrected chi connectivity index (χ3v) is 5.04. The maximum Gasteiger partial charge on any atom is 0.235 e. The largest absolute Gasteiger partial charge is 0.325 e. The van der Waals surface area contributed by atoms with E-state index in [4.69, 9.17) is 0 Å². The van der Waals surface area contributed by atoms with Gasteiger partial charge in [-0.3, -0.25) is 9.78 Å². The number of nitrogens with zero attached hydrogens (tertiary/aromatic N) is 1. The molecule has 124 valence electrons. The zero-order valence-electron chi connectivity index (χ0n) is 14.4. The lowest BCUT2D eigenvalue weighted by Crippen LogP contribution is -2.33. The average molecular weight is 328 g/mol. The number of hydrogen-bond acceptors (Lipinski definition) is 2. The number of hydrogen-bond donors (Lipinski definition) is 1. The van der Waals surface area contributed by atoms with Crippen LogP contribution in [-0.2, 0) is 16.6 Å². The molecule has 1 aliphatic heterocycles. The van der Waals surface area contributed by atoms with Gasteiger partial charge in [0.15, 0.2) is 0 Å². The Morgan fingerprint density at radius 2 is 1.84 bits per heavy atom. The number of amides is 1. The van der Waals surface area contributed by atoms with Crippen LogP contribution in [0, 0.1) is 6.92 Å². The number of aryl methyl sites for hydroxylation is 1. The van der Waals surface area contributed by atoms with Crippen molar-refractivity contribution in [2.45, 2.75) is 25.7 Å². The lowest BCUT2D eigenvalue weighted by atomic mass is 9.77. The molecule has 1 N–H and O–H groups in total. The SMILES string of the molecule is Cc1ccc(CC2(C)C(=O)Nc3ccc(-c4cccnc4)cc32)cc1. The van der Waals surface area contributed by atoms with Gasteiger partial charge < -0.3 is 5.32 Å². The summed E-state index contributed by atoms with van der Waals surface area (Å²) in [7, 11) is 0. The van der Waals surface area contributed by atoms with Crippen molar-refractivity contribution >= 4 is 11.6 Å². The Morgan fingerprint density at radius 3 is 2.56 bits per heavy atom. The Bertz CT molecular complexity index is 932. The Labute approximate surface area is 147 Å². The molecule has 3 aromatic rings. The van der Waals surface area contributed by atoms with Gasteiger partial charge in [0, 0.05) is 18.1 Å². The summed E-state index contributed by atoms with van der Waals surface area (Å²) in [6.45, 7) is 4.10. The monoisotopic (exact) mass is 328 g/mol. The van der Waals surface area contributed by atoms with Gasteiger partial charge in [0.25, 0.3) is 0 Å². The molecule has 0 saturated heterocycles. The highest BCUT2D eigenvalue weighted by atomic mass is 16.2. The van der Waals surface area contributed by atoms with Crippen molar-refractivity contribution in [3.63, 3.8) is 0 Å². The molecule has 3 heteroatoms. The van der Waals surface area contributed by atoms with Gasteiger partial charge in [0.05, 0.1) is 5.41 Å². The van der Waals surface area contributed by atoms with Crippen LogP contribution >= 0.6 is 0 Å². The van der Waals surface area contributed by atoms with E-state index in [9.17, 15) is 4.79 Å². The second kappa shape index (κ2) is 5.85. The number of aromatic nitrogens is 1. The van der Waals surface area contributed by atoms with E-state index in [1.165, 1.54) is 11.1 Å². The van der Waals surface area contributed by atoms with Gasteiger partial charge >= 0.3 is 0 Å². The van der Waals surface area contributed by atoms with Crippen LogP contribution in [0.1, 0.15) is 23.6 Å². The Balaban J connectivity index is 1.76. The molecular formula is C22H20N2O. The van der Waals surface area contributed by atoms with Crippen molar-refractivity contribution in [2.24, 2.45) is 0 Å². The van der Waals surface area contributed by atoms with E-state index in [0.29, 0.717) is 6.42 Å². The molecule has 0 fully saturated rings. The van der Waals surface area contributed by atoms with Gasteiger partial charge in [-0.2, -0.15) is 0 Å². The molecule has 0 radical (unpaired) electrons. The van der Waals surface area contributed by atoms with Crippen LogP contribution in [-0.4, -0.2) is 10.9 Å². The number of rotatable bonds is 3. The first-order chi connectivity index (χ1) is 12.1. The van der Waals surface area contributed by atoms with Crippen molar-refractivity contribution in [3.8, 4) is 11.1 Å². The van der Waals surface area contributed by atoms with E-state index in [1.54, 1.807) is 6.20 Å². The quantitative estimate of drug-likeness (QED) is 0.768. The summed E-state index contributed by atoms with van der Waals surface area (Å²) in [4.78, 5) is 16.9. The fourth-order valence-corrected chi connectivity index (χ4v) is 3.50. The molecule has 2 aromatic carbocycles. The summed E-state index contributed by atoms with van der Waals surface area (Å²) in [5, 5.41) is 3.04. The molecule has 1 aromatic heterocycles. The minimum Gasteiger partial charge on any atom is -0.325 e. The molecule has 1 aliphatic rings. The van der Waals surface area contributed by atoms with Crippen LogP contribution in [0.5, 0.6) is 0 Å². The smallest absolute Gasteiger partial charge is 0.235 e. The molecule has 1 unspecified atom stereocenters. The highest BCUT2D eigenvalue weighted by Gasteiger charge is 2.42. The third-order valence-electron chi connectivity index (χ3n) is 5.04. The van der Waals surface area contributed by atoms with Crippen molar-refractivity contribution in [1.29, 1.82) is 0 Å². The fraction of sp³-hybridized carbons (Fsp3) is 0.182. The third kappa shape index (κ3) is 2.72. The van der Waals surface area contributed by atoms with Gasteiger partial charge in [-0.05, 0) is 60.7 Å². The van der Waals surface area contributed by atoms with Crippen LogP contribution in [0.25, 0.3) is 11.1 Å². The number of nitrogens with one attached hydrogen (secondary N) is 1. The van der Waals surface area contributed by atoms with Crippen LogP contribution in [0.3, 0.4) is 0 Å². The van der Waals surface area contributed by atoms with Crippen molar-refractivity contribution in [1.82, 2.24) is 4.98 Å². The Kier molecular flexibility index (Phi) is 3.65. The second-order valence-corrected chi connectivity index (χ2v) is 6.95. The topological polar surface area (TPSA) is 42.0 Å². The number of pyridine rings is 1. The van der Waals surface area contributed by atoms with Crippen LogP contribution < -0.4 is 5.32 Å². The maximum atomic E-state index is 12.7. The first-order valence-corrected chi connectivity index (χ1v) is 8.48. The summed E-state index contributed by atoms with van der Waals surface area (Å²) < 4.78 is 0. The molecule has 0 bridgehead atoms. The summed E-state index contributed by atoms with van der Waals surface area (Å²) >= 11 is 0. The molecular weight excluding hydrogens is 308 g/mol. The van der Waals surface area contributed by atoms with Crippen LogP contribution in [0.15, 0.2) is 67.0 Å². The number of fused-ring (bicyclic) bond motifs is 1. The molecule has 3 nitrogen and oxygen atoms in total. The molecule has 1 atom stereocenters. The standard InChI is InChI=1S/C22H20N2O/c1-15-5-7-16(8-6-15)13-22(2)19-12-17(18-4-3-11-23-14-18)9-10-20(19)24-21(22)25/h3-12,14H,13H2,1-2H3,(H,24,25). The highest BCUT2D eigenvalue weighted by Crippen LogP contribution is 2.42. The average Bonchev–Trinajstić information content (AvgIpc) is 2.88. The minimum absolute atomic E-state index is 0.0615. The zero-order valence-corrected chi connectivity index (χ0v) is 14.4. The molecule has 0 spiro atoms. The Morgan fingerprint density at radius 1 is 1.04 bits per heavy atom. The predicted octanol–water partition coefficient (Wildman–Crippen LogP) is 4.51. The molecule has 0 aliphatic carbocycles. The summed E-state index contributed by atoms with van der Waals surface area (Å²) in [5.74, 6) is 0.0615. The minimum atomic E-state index is -0.567. The van der Waals surface area contributed by atoms with Crippen LogP contribution in [0.4, 0.5) is 5.69 Å². The molecule has 2 heterocycles. The van der Waals surface area contributed by atoms with Crippen molar-refractivity contribution in [2.75, 3.05) is 5.32 Å². The second-order valence-electron chi connectivity index (χ2n) is 6.95. The van der Waals surface area contributed by atoms with Gasteiger partial charge in [0.2, 0.25) is 5.91 Å². The number of carbonyl (C=O) groups is 1. The highest BCUT2D eigenvalue weighted by molar-refractivity contribution is 6.06. The number of carbonyl (C=O) groups excluding carboxylic acids is 1. The first kappa shape index (κ1) is 15.6. The zero-order chi connectivity index (χ0) is 17.4. The van der Waals surface area contributed by atoms with E-state index in [0.717, 1.165) is 22.4 Å². The van der Waals surface area contributed by atoms with Gasteiger partial charge in [-0.15, -0.1) is 0 Å². The Hall–Kier alpha value is -2.94. The predicted molar refractivity (Wildman–Crippen MR) is 101 cm³/mol. The molecule has 25 heavy (non-hydrogen) atoms. The van der Waals surface area contributed by atoms with E-state index >= 15 is 0 Å². The van der Waals surface area contributed by atoms with Crippen LogP contribution in [0.2, 0.25) is 0 Å². The number of benzene rings is 2. The first-order valence-electron chi connectivity index (χ1n) is 8.48. The van der Waals surface area contributed by atoms with Gasteiger partial charge in [0.1, 0.15) is 0 Å².